The SMILES string of the molecule is Nc1nc(N[C@H]2CCN(C3CC(F)(F)C3)C[C@H]2F)nn2ccc(-c3cc[n+]4c(n3)C=C4)c12. The van der Waals surface area contributed by atoms with E-state index in [0.717, 1.165) is 17.1 Å². The number of nitrogens with two attached hydrogens (primary N) is 1. The van der Waals surface area contributed by atoms with Crippen molar-refractivity contribution in [3.63, 3.8) is 0 Å². The smallest absolute Gasteiger partial charge is 0.331 e. The van der Waals surface area contributed by atoms with Crippen LogP contribution in [0.2, 0.25) is 0 Å². The highest BCUT2D eigenvalue weighted by Crippen LogP contribution is 2.41. The molecule has 0 bridgehead atoms. The Morgan fingerprint density at radius 3 is 2.75 bits per heavy atom. The lowest BCUT2D eigenvalue weighted by Crippen LogP contribution is -2.57. The molecule has 3 aliphatic rings. The summed E-state index contributed by atoms with van der Waals surface area (Å²) in [6.07, 6.45) is 6.43. The number of nitrogens with one attached hydrogen (secondary N) is 1. The van der Waals surface area contributed by atoms with Gasteiger partial charge in [-0.05, 0) is 17.5 Å². The van der Waals surface area contributed by atoms with Crippen LogP contribution >= 0.6 is 0 Å². The number of nitrogen functional groups attached to an aromatic ring is 1. The normalized spacial score (nSPS) is 24.7. The van der Waals surface area contributed by atoms with Gasteiger partial charge in [0, 0.05) is 44.2 Å². The zero-order chi connectivity index (χ0) is 22.0. The first-order valence-corrected chi connectivity index (χ1v) is 10.6. The lowest BCUT2D eigenvalue weighted by atomic mass is 9.85. The van der Waals surface area contributed by atoms with Crippen LogP contribution in [0.3, 0.4) is 0 Å². The third-order valence-electron chi connectivity index (χ3n) is 6.56. The van der Waals surface area contributed by atoms with Gasteiger partial charge in [-0.25, -0.2) is 22.3 Å². The second-order valence-electron chi connectivity index (χ2n) is 8.71. The minimum absolute atomic E-state index is 0.125. The van der Waals surface area contributed by atoms with Crippen molar-refractivity contribution in [1.82, 2.24) is 24.5 Å². The molecule has 0 spiro atoms. The van der Waals surface area contributed by atoms with Crippen LogP contribution in [0.15, 0.2) is 24.5 Å². The molecule has 11 heteroatoms. The molecule has 0 amide bonds. The molecule has 1 aliphatic carbocycles. The average Bonchev–Trinajstić information content (AvgIpc) is 3.13. The second-order valence-corrected chi connectivity index (χ2v) is 8.71. The molecule has 1 saturated heterocycles. The molecule has 32 heavy (non-hydrogen) atoms. The summed E-state index contributed by atoms with van der Waals surface area (Å²) in [6, 6.07) is 3.03. The largest absolute Gasteiger partial charge is 0.382 e. The first-order valence-electron chi connectivity index (χ1n) is 10.6. The summed E-state index contributed by atoms with van der Waals surface area (Å²) < 4.78 is 44.6. The van der Waals surface area contributed by atoms with E-state index in [-0.39, 0.29) is 37.2 Å². The Morgan fingerprint density at radius 1 is 1.22 bits per heavy atom. The van der Waals surface area contributed by atoms with Gasteiger partial charge in [0.2, 0.25) is 5.95 Å². The van der Waals surface area contributed by atoms with Gasteiger partial charge < -0.3 is 11.1 Å². The van der Waals surface area contributed by atoms with Gasteiger partial charge >= 0.3 is 5.82 Å². The van der Waals surface area contributed by atoms with Gasteiger partial charge in [-0.1, -0.05) is 0 Å². The molecule has 2 fully saturated rings. The lowest BCUT2D eigenvalue weighted by Gasteiger charge is -2.46. The molecule has 2 atom stereocenters. The van der Waals surface area contributed by atoms with Gasteiger partial charge in [0.15, 0.2) is 11.5 Å². The van der Waals surface area contributed by atoms with E-state index >= 15 is 0 Å². The number of rotatable bonds is 4. The maximum Gasteiger partial charge on any atom is 0.331 e. The number of hydrogen-bond donors (Lipinski definition) is 2. The van der Waals surface area contributed by atoms with E-state index in [2.05, 4.69) is 20.4 Å². The first kappa shape index (κ1) is 19.5. The number of anilines is 2. The maximum absolute atomic E-state index is 14.8. The fourth-order valence-corrected chi connectivity index (χ4v) is 4.71. The molecule has 3 aromatic heterocycles. The predicted molar refractivity (Wildman–Crippen MR) is 113 cm³/mol. The summed E-state index contributed by atoms with van der Waals surface area (Å²) in [5.74, 6) is -1.25. The molecule has 0 aromatic carbocycles. The fourth-order valence-electron chi connectivity index (χ4n) is 4.71. The average molecular weight is 443 g/mol. The zero-order valence-electron chi connectivity index (χ0n) is 17.1. The summed E-state index contributed by atoms with van der Waals surface area (Å²) >= 11 is 0. The minimum atomic E-state index is -2.60. The van der Waals surface area contributed by atoms with Crippen molar-refractivity contribution >= 4 is 29.6 Å². The number of hydrogen-bond acceptors (Lipinski definition) is 6. The quantitative estimate of drug-likeness (QED) is 0.471. The van der Waals surface area contributed by atoms with Crippen molar-refractivity contribution in [2.75, 3.05) is 24.1 Å². The van der Waals surface area contributed by atoms with E-state index in [1.54, 1.807) is 10.7 Å². The molecule has 5 heterocycles. The maximum atomic E-state index is 14.8. The van der Waals surface area contributed by atoms with Gasteiger partial charge in [-0.3, -0.25) is 4.90 Å². The highest BCUT2D eigenvalue weighted by Gasteiger charge is 2.49. The Balaban J connectivity index is 1.19. The summed E-state index contributed by atoms with van der Waals surface area (Å²) in [5.41, 5.74) is 8.45. The molecule has 166 valence electrons. The van der Waals surface area contributed by atoms with Crippen LogP contribution in [0.1, 0.15) is 25.1 Å². The van der Waals surface area contributed by atoms with Crippen molar-refractivity contribution < 1.29 is 17.7 Å². The van der Waals surface area contributed by atoms with Crippen LogP contribution in [0, 0.1) is 0 Å². The van der Waals surface area contributed by atoms with Crippen molar-refractivity contribution in [3.8, 4) is 11.3 Å². The monoisotopic (exact) mass is 443 g/mol. The first-order chi connectivity index (χ1) is 15.4. The van der Waals surface area contributed by atoms with Gasteiger partial charge in [-0.15, -0.1) is 5.10 Å². The third-order valence-corrected chi connectivity index (χ3v) is 6.56. The molecule has 8 nitrogen and oxygen atoms in total. The highest BCUT2D eigenvalue weighted by atomic mass is 19.3. The van der Waals surface area contributed by atoms with E-state index in [1.807, 2.05) is 40.1 Å². The van der Waals surface area contributed by atoms with Gasteiger partial charge in [-0.2, -0.15) is 4.98 Å². The molecule has 0 unspecified atom stereocenters. The molecular formula is C21H22F3N8+. The zero-order valence-corrected chi connectivity index (χ0v) is 17.1. The van der Waals surface area contributed by atoms with Crippen LogP contribution in [0.25, 0.3) is 29.1 Å². The van der Waals surface area contributed by atoms with Crippen LogP contribution in [0.5, 0.6) is 0 Å². The van der Waals surface area contributed by atoms with Crippen LogP contribution in [-0.4, -0.2) is 61.7 Å². The molecule has 2 aliphatic heterocycles. The number of piperidine rings is 1. The summed E-state index contributed by atoms with van der Waals surface area (Å²) in [4.78, 5) is 10.8. The summed E-state index contributed by atoms with van der Waals surface area (Å²) in [5, 5.41) is 7.50. The van der Waals surface area contributed by atoms with Crippen LogP contribution < -0.4 is 15.6 Å². The predicted octanol–water partition coefficient (Wildman–Crippen LogP) is 2.22. The van der Waals surface area contributed by atoms with E-state index in [0.29, 0.717) is 18.5 Å². The number of alkyl halides is 3. The molecule has 0 radical (unpaired) electrons. The van der Waals surface area contributed by atoms with Crippen molar-refractivity contribution in [2.24, 2.45) is 0 Å². The van der Waals surface area contributed by atoms with E-state index in [9.17, 15) is 13.2 Å². The number of nitrogens with zero attached hydrogens (tertiary/aromatic N) is 6. The fraction of sp³-hybridized carbons (Fsp3) is 0.429. The highest BCUT2D eigenvalue weighted by molar-refractivity contribution is 5.86. The minimum Gasteiger partial charge on any atom is -0.382 e. The second kappa shape index (κ2) is 6.89. The van der Waals surface area contributed by atoms with Gasteiger partial charge in [0.1, 0.15) is 24.1 Å². The van der Waals surface area contributed by atoms with Gasteiger partial charge in [0.25, 0.3) is 5.92 Å². The van der Waals surface area contributed by atoms with E-state index in [1.165, 1.54) is 0 Å². The van der Waals surface area contributed by atoms with E-state index < -0.39 is 18.1 Å². The molecular weight excluding hydrogens is 421 g/mol. The Hall–Kier alpha value is -3.21. The number of likely N-dealkylation sites (tertiary alicyclic amines) is 1. The number of fused-ring (bicyclic) bond motifs is 2. The Morgan fingerprint density at radius 2 is 2.06 bits per heavy atom. The topological polar surface area (TPSA) is 88.2 Å². The third kappa shape index (κ3) is 3.19. The van der Waals surface area contributed by atoms with E-state index in [4.69, 9.17) is 5.73 Å². The Labute approximate surface area is 181 Å². The molecule has 3 aromatic rings. The number of halogens is 3. The van der Waals surface area contributed by atoms with Gasteiger partial charge in [0.05, 0.1) is 17.7 Å². The summed E-state index contributed by atoms with van der Waals surface area (Å²) in [6.45, 7) is 0.681. The molecule has 3 N–H and O–H groups in total. The number of aromatic nitrogens is 5. The Kier molecular flexibility index (Phi) is 4.19. The standard InChI is InChI=1S/C21H22F3N8/c22-14-11-31(12-9-21(23,24)10-12)6-3-16(14)27-20-28-19(25)18-13(1-8-32(18)29-20)15-2-5-30-7-4-17(30)26-15/h1-2,4-5,7-8,12,14,16H,3,6,9-11H2,(H3,25,27,28,29)/q+1/t14-,16+/m1/s1. The molecule has 6 rings (SSSR count). The lowest BCUT2D eigenvalue weighted by molar-refractivity contribution is -0.584. The van der Waals surface area contributed by atoms with Crippen molar-refractivity contribution in [3.05, 3.63) is 30.4 Å². The summed E-state index contributed by atoms with van der Waals surface area (Å²) in [7, 11) is 0. The van der Waals surface area contributed by atoms with Crippen molar-refractivity contribution in [1.29, 1.82) is 0 Å². The Bertz CT molecular complexity index is 1230. The van der Waals surface area contributed by atoms with Crippen molar-refractivity contribution in [2.45, 2.75) is 43.4 Å². The molecule has 1 saturated carbocycles. The van der Waals surface area contributed by atoms with Crippen LogP contribution in [0.4, 0.5) is 24.9 Å². The van der Waals surface area contributed by atoms with Crippen LogP contribution in [-0.2, 0) is 0 Å².